The van der Waals surface area contributed by atoms with Crippen molar-refractivity contribution in [1.82, 2.24) is 9.88 Å². The van der Waals surface area contributed by atoms with E-state index in [1.807, 2.05) is 36.1 Å². The van der Waals surface area contributed by atoms with Crippen LogP contribution in [0.25, 0.3) is 0 Å². The molecule has 5 nitrogen and oxygen atoms in total. The molecule has 130 valence electrons. The molecule has 1 aromatic heterocycles. The minimum Gasteiger partial charge on any atom is -0.366 e. The predicted octanol–water partition coefficient (Wildman–Crippen LogP) is 2.58. The molecular weight excluding hydrogens is 314 g/mol. The molecule has 1 aliphatic heterocycles. The number of amides is 2. The lowest BCUT2D eigenvalue weighted by Gasteiger charge is -2.32. The standard InChI is InChI=1S/C20H23N3O2/c1-14-2-5-18(13-22-14)20(25)23-10-8-16(9-11-23)12-15-3-6-17(7-4-15)19(21)24/h2-7,13,16H,8-12H2,1H3,(H2,21,24). The van der Waals surface area contributed by atoms with Crippen molar-refractivity contribution in [2.75, 3.05) is 13.1 Å². The van der Waals surface area contributed by atoms with Crippen LogP contribution < -0.4 is 5.73 Å². The fourth-order valence-electron chi connectivity index (χ4n) is 3.26. The van der Waals surface area contributed by atoms with Crippen LogP contribution in [0, 0.1) is 12.8 Å². The number of nitrogens with zero attached hydrogens (tertiary/aromatic N) is 2. The van der Waals surface area contributed by atoms with Crippen LogP contribution >= 0.6 is 0 Å². The van der Waals surface area contributed by atoms with Crippen LogP contribution in [-0.4, -0.2) is 34.8 Å². The summed E-state index contributed by atoms with van der Waals surface area (Å²) in [6.07, 6.45) is 4.60. The van der Waals surface area contributed by atoms with Crippen molar-refractivity contribution >= 4 is 11.8 Å². The van der Waals surface area contributed by atoms with Gasteiger partial charge in [0.15, 0.2) is 0 Å². The Bertz CT molecular complexity index is 746. The van der Waals surface area contributed by atoms with Crippen LogP contribution in [0.4, 0.5) is 0 Å². The number of carbonyl (C=O) groups is 2. The second-order valence-electron chi connectivity index (χ2n) is 6.69. The van der Waals surface area contributed by atoms with E-state index < -0.39 is 5.91 Å². The van der Waals surface area contributed by atoms with E-state index in [0.717, 1.165) is 38.0 Å². The number of piperidine rings is 1. The lowest BCUT2D eigenvalue weighted by molar-refractivity contribution is 0.0690. The Kier molecular flexibility index (Phi) is 5.12. The van der Waals surface area contributed by atoms with Gasteiger partial charge in [0.1, 0.15) is 0 Å². The fraction of sp³-hybridized carbons (Fsp3) is 0.350. The number of hydrogen-bond acceptors (Lipinski definition) is 3. The highest BCUT2D eigenvalue weighted by Crippen LogP contribution is 2.23. The summed E-state index contributed by atoms with van der Waals surface area (Å²) >= 11 is 0. The van der Waals surface area contributed by atoms with Gasteiger partial charge in [-0.3, -0.25) is 14.6 Å². The van der Waals surface area contributed by atoms with E-state index in [4.69, 9.17) is 5.73 Å². The van der Waals surface area contributed by atoms with Crippen molar-refractivity contribution < 1.29 is 9.59 Å². The summed E-state index contributed by atoms with van der Waals surface area (Å²) in [5, 5.41) is 0. The third kappa shape index (κ3) is 4.24. The van der Waals surface area contributed by atoms with Gasteiger partial charge in [0.2, 0.25) is 5.91 Å². The monoisotopic (exact) mass is 337 g/mol. The predicted molar refractivity (Wildman–Crippen MR) is 96.3 cm³/mol. The number of likely N-dealkylation sites (tertiary alicyclic amines) is 1. The average molecular weight is 337 g/mol. The summed E-state index contributed by atoms with van der Waals surface area (Å²) in [5.41, 5.74) is 8.58. The van der Waals surface area contributed by atoms with Crippen molar-refractivity contribution in [3.8, 4) is 0 Å². The van der Waals surface area contributed by atoms with E-state index in [-0.39, 0.29) is 5.91 Å². The van der Waals surface area contributed by atoms with Gasteiger partial charge in [-0.15, -0.1) is 0 Å². The number of benzene rings is 1. The van der Waals surface area contributed by atoms with Gasteiger partial charge in [-0.1, -0.05) is 12.1 Å². The van der Waals surface area contributed by atoms with Gasteiger partial charge < -0.3 is 10.6 Å². The third-order valence-electron chi connectivity index (χ3n) is 4.82. The van der Waals surface area contributed by atoms with E-state index >= 15 is 0 Å². The summed E-state index contributed by atoms with van der Waals surface area (Å²) in [6, 6.07) is 11.2. The minimum atomic E-state index is -0.399. The van der Waals surface area contributed by atoms with E-state index in [2.05, 4.69) is 4.98 Å². The fourth-order valence-corrected chi connectivity index (χ4v) is 3.26. The molecule has 0 bridgehead atoms. The van der Waals surface area contributed by atoms with Gasteiger partial charge in [-0.2, -0.15) is 0 Å². The molecule has 0 radical (unpaired) electrons. The molecule has 1 fully saturated rings. The Morgan fingerprint density at radius 2 is 1.72 bits per heavy atom. The highest BCUT2D eigenvalue weighted by molar-refractivity contribution is 5.94. The van der Waals surface area contributed by atoms with E-state index in [1.165, 1.54) is 5.56 Å². The van der Waals surface area contributed by atoms with Crippen LogP contribution in [0.15, 0.2) is 42.6 Å². The maximum absolute atomic E-state index is 12.5. The van der Waals surface area contributed by atoms with Gasteiger partial charge in [0, 0.05) is 30.5 Å². The number of aryl methyl sites for hydroxylation is 1. The maximum atomic E-state index is 12.5. The first-order chi connectivity index (χ1) is 12.0. The first-order valence-electron chi connectivity index (χ1n) is 8.63. The first kappa shape index (κ1) is 17.1. The Hall–Kier alpha value is -2.69. The topological polar surface area (TPSA) is 76.3 Å². The number of hydrogen-bond donors (Lipinski definition) is 1. The second kappa shape index (κ2) is 7.47. The zero-order valence-corrected chi connectivity index (χ0v) is 14.4. The van der Waals surface area contributed by atoms with E-state index in [0.29, 0.717) is 17.0 Å². The van der Waals surface area contributed by atoms with Crippen LogP contribution in [0.2, 0.25) is 0 Å². The Morgan fingerprint density at radius 1 is 1.08 bits per heavy atom. The van der Waals surface area contributed by atoms with E-state index in [1.54, 1.807) is 18.3 Å². The largest absolute Gasteiger partial charge is 0.366 e. The molecule has 2 amide bonds. The number of nitrogens with two attached hydrogens (primary N) is 1. The highest BCUT2D eigenvalue weighted by atomic mass is 16.2. The van der Waals surface area contributed by atoms with Crippen molar-refractivity contribution in [2.45, 2.75) is 26.2 Å². The molecule has 2 heterocycles. The first-order valence-corrected chi connectivity index (χ1v) is 8.63. The highest BCUT2D eigenvalue weighted by Gasteiger charge is 2.24. The van der Waals surface area contributed by atoms with E-state index in [9.17, 15) is 9.59 Å². The minimum absolute atomic E-state index is 0.0664. The molecule has 0 atom stereocenters. The molecule has 1 aromatic carbocycles. The van der Waals surface area contributed by atoms with Crippen LogP contribution in [0.5, 0.6) is 0 Å². The number of pyridine rings is 1. The number of aromatic nitrogens is 1. The summed E-state index contributed by atoms with van der Waals surface area (Å²) in [4.78, 5) is 29.8. The lowest BCUT2D eigenvalue weighted by atomic mass is 9.89. The number of carbonyl (C=O) groups excluding carboxylic acids is 2. The normalized spacial score (nSPS) is 15.2. The third-order valence-corrected chi connectivity index (χ3v) is 4.82. The molecule has 0 spiro atoms. The molecule has 5 heteroatoms. The number of rotatable bonds is 4. The van der Waals surface area contributed by atoms with Gasteiger partial charge >= 0.3 is 0 Å². The Labute approximate surface area is 147 Å². The summed E-state index contributed by atoms with van der Waals surface area (Å²) < 4.78 is 0. The molecule has 3 rings (SSSR count). The average Bonchev–Trinajstić information content (AvgIpc) is 2.63. The summed E-state index contributed by atoms with van der Waals surface area (Å²) in [7, 11) is 0. The Morgan fingerprint density at radius 3 is 2.28 bits per heavy atom. The van der Waals surface area contributed by atoms with Crippen molar-refractivity contribution in [2.24, 2.45) is 11.7 Å². The molecule has 1 aliphatic rings. The molecule has 0 unspecified atom stereocenters. The van der Waals surface area contributed by atoms with Crippen molar-refractivity contribution in [3.63, 3.8) is 0 Å². The molecule has 25 heavy (non-hydrogen) atoms. The number of primary amides is 1. The second-order valence-corrected chi connectivity index (χ2v) is 6.69. The van der Waals surface area contributed by atoms with Gasteiger partial charge in [0.25, 0.3) is 5.91 Å². The zero-order chi connectivity index (χ0) is 17.8. The van der Waals surface area contributed by atoms with Crippen LogP contribution in [0.3, 0.4) is 0 Å². The molecule has 1 saturated heterocycles. The maximum Gasteiger partial charge on any atom is 0.255 e. The SMILES string of the molecule is Cc1ccc(C(=O)N2CCC(Cc3ccc(C(N)=O)cc3)CC2)cn1. The lowest BCUT2D eigenvalue weighted by Crippen LogP contribution is -2.39. The summed E-state index contributed by atoms with van der Waals surface area (Å²) in [5.74, 6) is 0.223. The molecular formula is C20H23N3O2. The molecule has 0 aliphatic carbocycles. The van der Waals surface area contributed by atoms with Crippen LogP contribution in [-0.2, 0) is 6.42 Å². The quantitative estimate of drug-likeness (QED) is 0.931. The smallest absolute Gasteiger partial charge is 0.255 e. The molecule has 2 N–H and O–H groups in total. The summed E-state index contributed by atoms with van der Waals surface area (Å²) in [6.45, 7) is 3.46. The zero-order valence-electron chi connectivity index (χ0n) is 14.4. The Balaban J connectivity index is 1.53. The van der Waals surface area contributed by atoms with Crippen molar-refractivity contribution in [1.29, 1.82) is 0 Å². The molecule has 2 aromatic rings. The van der Waals surface area contributed by atoms with Crippen LogP contribution in [0.1, 0.15) is 44.8 Å². The van der Waals surface area contributed by atoms with Gasteiger partial charge in [-0.05, 0) is 61.9 Å². The van der Waals surface area contributed by atoms with Crippen molar-refractivity contribution in [3.05, 3.63) is 65.0 Å². The molecule has 0 saturated carbocycles. The van der Waals surface area contributed by atoms with Gasteiger partial charge in [0.05, 0.1) is 5.56 Å². The van der Waals surface area contributed by atoms with Gasteiger partial charge in [-0.25, -0.2) is 0 Å².